The summed E-state index contributed by atoms with van der Waals surface area (Å²) in [6.07, 6.45) is 14.5. The standard InChI is InChI=1S/C13H17N3OS/c1-18-13-14-10-16(15-13)9-12(17)8-7-11-5-3-2-4-6-11/h2-5,10-11H,6-9H2,1H3. The van der Waals surface area contributed by atoms with Crippen molar-refractivity contribution in [1.82, 2.24) is 14.8 Å². The Hall–Kier alpha value is -1.36. The van der Waals surface area contributed by atoms with Gasteiger partial charge in [0.1, 0.15) is 12.9 Å². The molecule has 1 atom stereocenters. The van der Waals surface area contributed by atoms with Crippen LogP contribution in [0.4, 0.5) is 0 Å². The Labute approximate surface area is 111 Å². The summed E-state index contributed by atoms with van der Waals surface area (Å²) in [5.41, 5.74) is 0. The lowest BCUT2D eigenvalue weighted by atomic mass is 9.95. The van der Waals surface area contributed by atoms with Crippen molar-refractivity contribution in [3.8, 4) is 0 Å². The van der Waals surface area contributed by atoms with E-state index in [1.165, 1.54) is 11.8 Å². The van der Waals surface area contributed by atoms with Crippen LogP contribution in [-0.2, 0) is 11.3 Å². The molecule has 0 radical (unpaired) electrons. The molecule has 0 aliphatic heterocycles. The van der Waals surface area contributed by atoms with E-state index in [9.17, 15) is 4.79 Å². The average molecular weight is 263 g/mol. The van der Waals surface area contributed by atoms with Gasteiger partial charge in [-0.05, 0) is 25.0 Å². The fourth-order valence-electron chi connectivity index (χ4n) is 1.90. The van der Waals surface area contributed by atoms with Crippen LogP contribution in [0, 0.1) is 5.92 Å². The topological polar surface area (TPSA) is 47.8 Å². The van der Waals surface area contributed by atoms with Crippen LogP contribution >= 0.6 is 11.8 Å². The number of allylic oxidation sites excluding steroid dienone is 4. The summed E-state index contributed by atoms with van der Waals surface area (Å²) >= 11 is 1.48. The molecule has 18 heavy (non-hydrogen) atoms. The number of hydrogen-bond donors (Lipinski definition) is 0. The van der Waals surface area contributed by atoms with E-state index in [0.717, 1.165) is 12.8 Å². The molecule has 5 heteroatoms. The van der Waals surface area contributed by atoms with Gasteiger partial charge in [0.05, 0.1) is 0 Å². The second-order valence-corrected chi connectivity index (χ2v) is 5.09. The molecule has 0 saturated carbocycles. The number of nitrogens with zero attached hydrogens (tertiary/aromatic N) is 3. The molecule has 1 aliphatic rings. The van der Waals surface area contributed by atoms with E-state index in [4.69, 9.17) is 0 Å². The molecular formula is C13H17N3OS. The van der Waals surface area contributed by atoms with Crippen LogP contribution in [0.25, 0.3) is 0 Å². The van der Waals surface area contributed by atoms with Crippen molar-refractivity contribution < 1.29 is 4.79 Å². The maximum Gasteiger partial charge on any atom is 0.208 e. The normalized spacial score (nSPS) is 18.2. The highest BCUT2D eigenvalue weighted by Crippen LogP contribution is 2.17. The quantitative estimate of drug-likeness (QED) is 0.740. The van der Waals surface area contributed by atoms with E-state index in [-0.39, 0.29) is 5.78 Å². The summed E-state index contributed by atoms with van der Waals surface area (Å²) in [4.78, 5) is 15.9. The molecule has 0 amide bonds. The van der Waals surface area contributed by atoms with Crippen molar-refractivity contribution in [2.45, 2.75) is 31.0 Å². The molecular weight excluding hydrogens is 246 g/mol. The fourth-order valence-corrected chi connectivity index (χ4v) is 2.24. The van der Waals surface area contributed by atoms with Crippen molar-refractivity contribution in [3.05, 3.63) is 30.6 Å². The van der Waals surface area contributed by atoms with Crippen LogP contribution in [0.5, 0.6) is 0 Å². The number of hydrogen-bond acceptors (Lipinski definition) is 4. The summed E-state index contributed by atoms with van der Waals surface area (Å²) in [7, 11) is 0. The zero-order valence-electron chi connectivity index (χ0n) is 10.5. The second kappa shape index (κ2) is 6.54. The van der Waals surface area contributed by atoms with Gasteiger partial charge in [-0.2, -0.15) is 0 Å². The van der Waals surface area contributed by atoms with E-state index >= 15 is 0 Å². The number of carbonyl (C=O) groups excluding carboxylic acids is 1. The third-order valence-electron chi connectivity index (χ3n) is 2.90. The largest absolute Gasteiger partial charge is 0.298 e. The molecule has 0 fully saturated rings. The first-order valence-electron chi connectivity index (χ1n) is 6.06. The predicted molar refractivity (Wildman–Crippen MR) is 72.4 cm³/mol. The first kappa shape index (κ1) is 13.1. The highest BCUT2D eigenvalue weighted by molar-refractivity contribution is 7.98. The number of thioether (sulfide) groups is 1. The van der Waals surface area contributed by atoms with Crippen molar-refractivity contribution in [2.24, 2.45) is 5.92 Å². The summed E-state index contributed by atoms with van der Waals surface area (Å²) in [6.45, 7) is 0.333. The fraction of sp³-hybridized carbons (Fsp3) is 0.462. The van der Waals surface area contributed by atoms with Crippen molar-refractivity contribution in [1.29, 1.82) is 0 Å². The SMILES string of the molecule is CSc1ncn(CC(=O)CCC2C=CC=CC2)n1. The molecule has 0 saturated heterocycles. The first-order chi connectivity index (χ1) is 8.78. The van der Waals surface area contributed by atoms with Gasteiger partial charge in [0, 0.05) is 6.42 Å². The van der Waals surface area contributed by atoms with Crippen LogP contribution < -0.4 is 0 Å². The molecule has 4 nitrogen and oxygen atoms in total. The minimum absolute atomic E-state index is 0.218. The first-order valence-corrected chi connectivity index (χ1v) is 7.29. The lowest BCUT2D eigenvalue weighted by Gasteiger charge is -2.11. The van der Waals surface area contributed by atoms with E-state index in [2.05, 4.69) is 34.4 Å². The van der Waals surface area contributed by atoms with Gasteiger partial charge in [0.25, 0.3) is 0 Å². The molecule has 1 aromatic heterocycles. The number of carbonyl (C=O) groups is 1. The lowest BCUT2D eigenvalue weighted by molar-refractivity contribution is -0.120. The van der Waals surface area contributed by atoms with Gasteiger partial charge in [-0.25, -0.2) is 9.67 Å². The second-order valence-electron chi connectivity index (χ2n) is 4.32. The molecule has 0 N–H and O–H groups in total. The van der Waals surface area contributed by atoms with E-state index < -0.39 is 0 Å². The van der Waals surface area contributed by atoms with Gasteiger partial charge < -0.3 is 0 Å². The Morgan fingerprint density at radius 3 is 3.11 bits per heavy atom. The Bertz CT molecular complexity index is 465. The summed E-state index contributed by atoms with van der Waals surface area (Å²) in [5, 5.41) is 4.90. The molecule has 2 rings (SSSR count). The summed E-state index contributed by atoms with van der Waals surface area (Å²) in [6, 6.07) is 0. The zero-order chi connectivity index (χ0) is 12.8. The molecule has 1 heterocycles. The Morgan fingerprint density at radius 2 is 2.44 bits per heavy atom. The third-order valence-corrected chi connectivity index (χ3v) is 3.45. The van der Waals surface area contributed by atoms with Crippen molar-refractivity contribution in [3.63, 3.8) is 0 Å². The van der Waals surface area contributed by atoms with Gasteiger partial charge in [-0.1, -0.05) is 36.1 Å². The number of rotatable bonds is 6. The molecule has 0 bridgehead atoms. The maximum absolute atomic E-state index is 11.8. The maximum atomic E-state index is 11.8. The minimum Gasteiger partial charge on any atom is -0.298 e. The average Bonchev–Trinajstić information content (AvgIpc) is 2.85. The highest BCUT2D eigenvalue weighted by Gasteiger charge is 2.10. The summed E-state index contributed by atoms with van der Waals surface area (Å²) in [5.74, 6) is 0.729. The molecule has 1 aliphatic carbocycles. The van der Waals surface area contributed by atoms with E-state index in [1.807, 2.05) is 6.26 Å². The van der Waals surface area contributed by atoms with Gasteiger partial charge in [0.2, 0.25) is 5.16 Å². The monoisotopic (exact) mass is 263 g/mol. The molecule has 1 unspecified atom stereocenters. The number of Topliss-reactive ketones (excluding diaryl/α,β-unsaturated/α-hetero) is 1. The number of ketones is 1. The van der Waals surface area contributed by atoms with Crippen molar-refractivity contribution in [2.75, 3.05) is 6.26 Å². The van der Waals surface area contributed by atoms with Gasteiger partial charge in [-0.3, -0.25) is 4.79 Å². The van der Waals surface area contributed by atoms with Crippen LogP contribution in [0.15, 0.2) is 35.8 Å². The van der Waals surface area contributed by atoms with Crippen LogP contribution in [-0.4, -0.2) is 26.8 Å². The Kier molecular flexibility index (Phi) is 4.75. The van der Waals surface area contributed by atoms with Gasteiger partial charge in [0.15, 0.2) is 5.78 Å². The van der Waals surface area contributed by atoms with Crippen LogP contribution in [0.3, 0.4) is 0 Å². The lowest BCUT2D eigenvalue weighted by Crippen LogP contribution is -2.12. The highest BCUT2D eigenvalue weighted by atomic mass is 32.2. The smallest absolute Gasteiger partial charge is 0.208 e. The Balaban J connectivity index is 1.74. The minimum atomic E-state index is 0.218. The molecule has 0 aromatic carbocycles. The van der Waals surface area contributed by atoms with E-state index in [0.29, 0.717) is 24.0 Å². The van der Waals surface area contributed by atoms with Gasteiger partial charge in [-0.15, -0.1) is 5.10 Å². The molecule has 0 spiro atoms. The van der Waals surface area contributed by atoms with Crippen LogP contribution in [0.1, 0.15) is 19.3 Å². The predicted octanol–water partition coefficient (Wildman–Crippen LogP) is 2.48. The summed E-state index contributed by atoms with van der Waals surface area (Å²) < 4.78 is 1.62. The third kappa shape index (κ3) is 3.84. The zero-order valence-corrected chi connectivity index (χ0v) is 11.3. The Morgan fingerprint density at radius 1 is 1.56 bits per heavy atom. The molecule has 1 aromatic rings. The van der Waals surface area contributed by atoms with Crippen molar-refractivity contribution >= 4 is 17.5 Å². The van der Waals surface area contributed by atoms with Crippen LogP contribution in [0.2, 0.25) is 0 Å². The van der Waals surface area contributed by atoms with Gasteiger partial charge >= 0.3 is 0 Å². The number of aromatic nitrogens is 3. The van der Waals surface area contributed by atoms with E-state index in [1.54, 1.807) is 11.0 Å². The molecule has 96 valence electrons.